The lowest BCUT2D eigenvalue weighted by atomic mass is 10.0. The normalized spacial score (nSPS) is 12.5. The highest BCUT2D eigenvalue weighted by Gasteiger charge is 2.12. The molecule has 0 aliphatic heterocycles. The van der Waals surface area contributed by atoms with Crippen LogP contribution in [0.3, 0.4) is 0 Å². The van der Waals surface area contributed by atoms with Crippen molar-refractivity contribution in [1.29, 1.82) is 0 Å². The van der Waals surface area contributed by atoms with E-state index in [1.54, 1.807) is 18.6 Å². The van der Waals surface area contributed by atoms with Gasteiger partial charge in [0.2, 0.25) is 0 Å². The van der Waals surface area contributed by atoms with E-state index < -0.39 is 0 Å². The highest BCUT2D eigenvalue weighted by molar-refractivity contribution is 5.79. The molecule has 3 aromatic rings. The smallest absolute Gasteiger partial charge is 0.149 e. The van der Waals surface area contributed by atoms with Crippen molar-refractivity contribution in [2.24, 2.45) is 5.73 Å². The van der Waals surface area contributed by atoms with Crippen LogP contribution in [0.25, 0.3) is 10.9 Å². The fraction of sp³-hybridized carbons (Fsp3) is 0.133. The summed E-state index contributed by atoms with van der Waals surface area (Å²) in [6.07, 6.45) is 5.34. The molecule has 2 heterocycles. The van der Waals surface area contributed by atoms with Gasteiger partial charge in [-0.3, -0.25) is 4.98 Å². The Bertz CT molecular complexity index is 707. The van der Waals surface area contributed by atoms with Crippen LogP contribution in [0, 0.1) is 6.92 Å². The van der Waals surface area contributed by atoms with Crippen molar-refractivity contribution in [3.05, 3.63) is 65.9 Å². The summed E-state index contributed by atoms with van der Waals surface area (Å²) in [6, 6.07) is 9.63. The summed E-state index contributed by atoms with van der Waals surface area (Å²) < 4.78 is 0. The van der Waals surface area contributed by atoms with Gasteiger partial charge in [-0.2, -0.15) is 0 Å². The number of aromatic nitrogens is 3. The van der Waals surface area contributed by atoms with E-state index in [9.17, 15) is 0 Å². The molecule has 0 saturated heterocycles. The Balaban J connectivity index is 2.01. The molecule has 0 bridgehead atoms. The lowest BCUT2D eigenvalue weighted by molar-refractivity contribution is 0.778. The van der Waals surface area contributed by atoms with Gasteiger partial charge in [-0.1, -0.05) is 18.2 Å². The molecule has 4 nitrogen and oxygen atoms in total. The van der Waals surface area contributed by atoms with E-state index in [2.05, 4.69) is 15.0 Å². The largest absolute Gasteiger partial charge is 0.318 e. The van der Waals surface area contributed by atoms with E-state index in [1.807, 2.05) is 37.3 Å². The molecular formula is C15H14N4. The first-order valence-corrected chi connectivity index (χ1v) is 6.13. The number of fused-ring (bicyclic) bond motifs is 1. The summed E-state index contributed by atoms with van der Waals surface area (Å²) in [5.74, 6) is 0.626. The van der Waals surface area contributed by atoms with Crippen molar-refractivity contribution in [2.45, 2.75) is 13.0 Å². The van der Waals surface area contributed by atoms with Gasteiger partial charge in [-0.15, -0.1) is 0 Å². The highest BCUT2D eigenvalue weighted by Crippen LogP contribution is 2.20. The minimum Gasteiger partial charge on any atom is -0.318 e. The third-order valence-corrected chi connectivity index (χ3v) is 3.07. The van der Waals surface area contributed by atoms with Crippen molar-refractivity contribution in [1.82, 2.24) is 15.0 Å². The fourth-order valence-electron chi connectivity index (χ4n) is 1.99. The molecule has 4 heteroatoms. The molecule has 0 fully saturated rings. The Morgan fingerprint density at radius 3 is 2.63 bits per heavy atom. The zero-order valence-corrected chi connectivity index (χ0v) is 10.6. The van der Waals surface area contributed by atoms with Crippen molar-refractivity contribution < 1.29 is 0 Å². The van der Waals surface area contributed by atoms with E-state index >= 15 is 0 Å². The monoisotopic (exact) mass is 250 g/mol. The summed E-state index contributed by atoms with van der Waals surface area (Å²) in [4.78, 5) is 12.9. The SMILES string of the molecule is Cc1cnc(C(N)c2ccc3cccnc3c2)nc1. The zero-order chi connectivity index (χ0) is 13.2. The third kappa shape index (κ3) is 2.30. The maximum absolute atomic E-state index is 6.20. The molecule has 0 aliphatic rings. The molecule has 1 atom stereocenters. The van der Waals surface area contributed by atoms with Gasteiger partial charge < -0.3 is 5.73 Å². The maximum atomic E-state index is 6.20. The molecule has 3 rings (SSSR count). The standard InChI is InChI=1S/C15H14N4/c1-10-8-18-15(19-9-10)14(16)12-5-4-11-3-2-6-17-13(11)7-12/h2-9,14H,16H2,1H3. The molecule has 0 aliphatic carbocycles. The van der Waals surface area contributed by atoms with E-state index in [0.717, 1.165) is 22.0 Å². The Kier molecular flexibility index (Phi) is 2.93. The molecule has 1 unspecified atom stereocenters. The number of pyridine rings is 1. The lowest BCUT2D eigenvalue weighted by Crippen LogP contribution is -2.15. The Labute approximate surface area is 111 Å². The van der Waals surface area contributed by atoms with Gasteiger partial charge in [0.1, 0.15) is 5.82 Å². The van der Waals surface area contributed by atoms with Crippen LogP contribution in [0.4, 0.5) is 0 Å². The highest BCUT2D eigenvalue weighted by atomic mass is 14.9. The number of hydrogen-bond acceptors (Lipinski definition) is 4. The summed E-state index contributed by atoms with van der Waals surface area (Å²) in [7, 11) is 0. The maximum Gasteiger partial charge on any atom is 0.149 e. The molecule has 1 aromatic carbocycles. The Hall–Kier alpha value is -2.33. The zero-order valence-electron chi connectivity index (χ0n) is 10.6. The first-order valence-electron chi connectivity index (χ1n) is 6.13. The molecule has 94 valence electrons. The molecule has 0 amide bonds. The number of benzene rings is 1. The molecule has 0 radical (unpaired) electrons. The van der Waals surface area contributed by atoms with Crippen molar-refractivity contribution >= 4 is 10.9 Å². The van der Waals surface area contributed by atoms with Crippen molar-refractivity contribution in [3.8, 4) is 0 Å². The number of nitrogens with two attached hydrogens (primary N) is 1. The number of hydrogen-bond donors (Lipinski definition) is 1. The molecule has 0 saturated carbocycles. The summed E-state index contributed by atoms with van der Waals surface area (Å²) in [6.45, 7) is 1.95. The van der Waals surface area contributed by atoms with E-state index in [0.29, 0.717) is 5.82 Å². The first-order chi connectivity index (χ1) is 9.24. The van der Waals surface area contributed by atoms with Crippen LogP contribution < -0.4 is 5.73 Å². The summed E-state index contributed by atoms with van der Waals surface area (Å²) >= 11 is 0. The van der Waals surface area contributed by atoms with Crippen LogP contribution in [0.5, 0.6) is 0 Å². The molecule has 19 heavy (non-hydrogen) atoms. The van der Waals surface area contributed by atoms with E-state index in [1.165, 1.54) is 0 Å². The second-order valence-electron chi connectivity index (χ2n) is 4.55. The van der Waals surface area contributed by atoms with Crippen LogP contribution in [-0.4, -0.2) is 15.0 Å². The fourth-order valence-corrected chi connectivity index (χ4v) is 1.99. The third-order valence-electron chi connectivity index (χ3n) is 3.07. The summed E-state index contributed by atoms with van der Waals surface area (Å²) in [5.41, 5.74) is 9.13. The van der Waals surface area contributed by atoms with Crippen molar-refractivity contribution in [2.75, 3.05) is 0 Å². The van der Waals surface area contributed by atoms with Gasteiger partial charge in [0.05, 0.1) is 11.6 Å². The molecule has 2 aromatic heterocycles. The van der Waals surface area contributed by atoms with E-state index in [-0.39, 0.29) is 6.04 Å². The van der Waals surface area contributed by atoms with Gasteiger partial charge in [-0.25, -0.2) is 9.97 Å². The number of aryl methyl sites for hydroxylation is 1. The predicted molar refractivity (Wildman–Crippen MR) is 74.5 cm³/mol. The second kappa shape index (κ2) is 4.74. The number of nitrogens with zero attached hydrogens (tertiary/aromatic N) is 3. The van der Waals surface area contributed by atoms with Gasteiger partial charge in [0.15, 0.2) is 0 Å². The van der Waals surface area contributed by atoms with Gasteiger partial charge >= 0.3 is 0 Å². The van der Waals surface area contributed by atoms with Crippen LogP contribution in [0.1, 0.15) is 23.0 Å². The molecular weight excluding hydrogens is 236 g/mol. The first kappa shape index (κ1) is 11.7. The van der Waals surface area contributed by atoms with E-state index in [4.69, 9.17) is 5.73 Å². The molecule has 0 spiro atoms. The van der Waals surface area contributed by atoms with Crippen molar-refractivity contribution in [3.63, 3.8) is 0 Å². The van der Waals surface area contributed by atoms with Crippen LogP contribution >= 0.6 is 0 Å². The predicted octanol–water partition coefficient (Wildman–Crippen LogP) is 2.38. The topological polar surface area (TPSA) is 64.7 Å². The Morgan fingerprint density at radius 1 is 1.05 bits per heavy atom. The quantitative estimate of drug-likeness (QED) is 0.758. The minimum absolute atomic E-state index is 0.327. The van der Waals surface area contributed by atoms with Gasteiger partial charge in [-0.05, 0) is 30.2 Å². The second-order valence-corrected chi connectivity index (χ2v) is 4.55. The van der Waals surface area contributed by atoms with Gasteiger partial charge in [0, 0.05) is 24.0 Å². The summed E-state index contributed by atoms with van der Waals surface area (Å²) in [5, 5.41) is 1.10. The van der Waals surface area contributed by atoms with Crippen LogP contribution in [0.15, 0.2) is 48.9 Å². The lowest BCUT2D eigenvalue weighted by Gasteiger charge is -2.11. The van der Waals surface area contributed by atoms with Crippen LogP contribution in [-0.2, 0) is 0 Å². The molecule has 2 N–H and O–H groups in total. The minimum atomic E-state index is -0.327. The average Bonchev–Trinajstić information content (AvgIpc) is 2.47. The van der Waals surface area contributed by atoms with Crippen LogP contribution in [0.2, 0.25) is 0 Å². The van der Waals surface area contributed by atoms with Gasteiger partial charge in [0.25, 0.3) is 0 Å². The Morgan fingerprint density at radius 2 is 1.84 bits per heavy atom. The average molecular weight is 250 g/mol. The number of rotatable bonds is 2.